The molecule has 0 aliphatic carbocycles. The maximum Gasteiger partial charge on any atom is 0.264 e. The Balaban J connectivity index is 1.46. The fourth-order valence-electron chi connectivity index (χ4n) is 4.78. The van der Waals surface area contributed by atoms with Gasteiger partial charge in [0.2, 0.25) is 17.7 Å². The van der Waals surface area contributed by atoms with Crippen LogP contribution in [-0.2, 0) is 19.1 Å². The molecule has 34 heavy (non-hydrogen) atoms. The van der Waals surface area contributed by atoms with Crippen LogP contribution in [0.4, 0.5) is 5.69 Å². The van der Waals surface area contributed by atoms with Crippen molar-refractivity contribution in [2.45, 2.75) is 45.6 Å². The van der Waals surface area contributed by atoms with Crippen LogP contribution < -0.4 is 15.5 Å². The van der Waals surface area contributed by atoms with E-state index in [2.05, 4.69) is 22.5 Å². The summed E-state index contributed by atoms with van der Waals surface area (Å²) in [5, 5.41) is 5.16. The van der Waals surface area contributed by atoms with Gasteiger partial charge in [0.05, 0.1) is 16.8 Å². The molecule has 1 aromatic rings. The number of piperidine rings is 2. The van der Waals surface area contributed by atoms with E-state index in [1.807, 2.05) is 13.0 Å². The number of nitrogens with one attached hydrogen (secondary N) is 2. The molecule has 0 aromatic heterocycles. The quantitative estimate of drug-likeness (QED) is 0.566. The molecule has 0 radical (unpaired) electrons. The van der Waals surface area contributed by atoms with Crippen LogP contribution >= 0.6 is 0 Å². The van der Waals surface area contributed by atoms with Gasteiger partial charge >= 0.3 is 0 Å². The molecule has 2 fully saturated rings. The van der Waals surface area contributed by atoms with Crippen molar-refractivity contribution in [2.75, 3.05) is 37.7 Å². The number of benzene rings is 1. The van der Waals surface area contributed by atoms with E-state index < -0.39 is 29.7 Å². The lowest BCUT2D eigenvalue weighted by Crippen LogP contribution is -2.54. The summed E-state index contributed by atoms with van der Waals surface area (Å²) in [6, 6.07) is 4.19. The minimum absolute atomic E-state index is 0.0503. The van der Waals surface area contributed by atoms with Gasteiger partial charge in [0.25, 0.3) is 11.8 Å². The Morgan fingerprint density at radius 2 is 1.91 bits per heavy atom. The van der Waals surface area contributed by atoms with Crippen molar-refractivity contribution in [1.29, 1.82) is 0 Å². The molecule has 2 saturated heterocycles. The Morgan fingerprint density at radius 3 is 2.59 bits per heavy atom. The summed E-state index contributed by atoms with van der Waals surface area (Å²) in [6.07, 6.45) is 1.81. The van der Waals surface area contributed by atoms with Gasteiger partial charge in [-0.2, -0.15) is 0 Å². The molecule has 1 unspecified atom stereocenters. The molecule has 10 heteroatoms. The average Bonchev–Trinajstić information content (AvgIpc) is 3.07. The second-order valence-electron chi connectivity index (χ2n) is 9.36. The number of carbonyl (C=O) groups is 5. The third kappa shape index (κ3) is 4.54. The van der Waals surface area contributed by atoms with Gasteiger partial charge in [-0.1, -0.05) is 13.0 Å². The number of carbonyl (C=O) groups excluding carboxylic acids is 5. The maximum absolute atomic E-state index is 13.3. The SMILES string of the molecule is CCOCC(=O)NCC1(C)CCN(c2cccc3c2C(=O)N(C2CCC(=O)NC2=O)C3=O)CC1. The first-order chi connectivity index (χ1) is 16.2. The van der Waals surface area contributed by atoms with Crippen LogP contribution in [0.1, 0.15) is 60.2 Å². The monoisotopic (exact) mass is 470 g/mol. The van der Waals surface area contributed by atoms with E-state index in [9.17, 15) is 24.0 Å². The lowest BCUT2D eigenvalue weighted by atomic mass is 9.80. The van der Waals surface area contributed by atoms with Crippen LogP contribution in [0.5, 0.6) is 0 Å². The van der Waals surface area contributed by atoms with Gasteiger partial charge in [-0.25, -0.2) is 0 Å². The van der Waals surface area contributed by atoms with Gasteiger partial charge < -0.3 is 15.0 Å². The van der Waals surface area contributed by atoms with Crippen LogP contribution in [0, 0.1) is 5.41 Å². The maximum atomic E-state index is 13.3. The fourth-order valence-corrected chi connectivity index (χ4v) is 4.78. The first kappa shape index (κ1) is 23.9. The van der Waals surface area contributed by atoms with E-state index >= 15 is 0 Å². The van der Waals surface area contributed by atoms with Crippen molar-refractivity contribution in [3.05, 3.63) is 29.3 Å². The fraction of sp³-hybridized carbons (Fsp3) is 0.542. The van der Waals surface area contributed by atoms with Gasteiger partial charge in [0.1, 0.15) is 12.6 Å². The highest BCUT2D eigenvalue weighted by Crippen LogP contribution is 2.38. The molecule has 0 saturated carbocycles. The van der Waals surface area contributed by atoms with Crippen molar-refractivity contribution >= 4 is 35.2 Å². The van der Waals surface area contributed by atoms with Crippen molar-refractivity contribution in [3.8, 4) is 0 Å². The molecule has 3 aliphatic rings. The van der Waals surface area contributed by atoms with Gasteiger partial charge in [0, 0.05) is 32.7 Å². The normalized spacial score (nSPS) is 22.0. The zero-order valence-corrected chi connectivity index (χ0v) is 19.5. The first-order valence-electron chi connectivity index (χ1n) is 11.7. The summed E-state index contributed by atoms with van der Waals surface area (Å²) in [5.74, 6) is -2.16. The molecule has 182 valence electrons. The molecule has 0 bridgehead atoms. The molecule has 1 aromatic carbocycles. The number of fused-ring (bicyclic) bond motifs is 1. The molecule has 0 spiro atoms. The first-order valence-corrected chi connectivity index (χ1v) is 11.7. The summed E-state index contributed by atoms with van der Waals surface area (Å²) in [5.41, 5.74) is 1.18. The minimum Gasteiger partial charge on any atom is -0.372 e. The zero-order valence-electron chi connectivity index (χ0n) is 19.5. The van der Waals surface area contributed by atoms with Gasteiger partial charge in [0.15, 0.2) is 0 Å². The third-order valence-electron chi connectivity index (χ3n) is 6.91. The number of ether oxygens (including phenoxy) is 1. The highest BCUT2D eigenvalue weighted by Gasteiger charge is 2.46. The molecule has 4 rings (SSSR count). The molecule has 2 N–H and O–H groups in total. The van der Waals surface area contributed by atoms with Gasteiger partial charge in [-0.05, 0) is 43.7 Å². The molecule has 3 heterocycles. The lowest BCUT2D eigenvalue weighted by molar-refractivity contribution is -0.136. The van der Waals surface area contributed by atoms with Crippen molar-refractivity contribution < 1.29 is 28.7 Å². The van der Waals surface area contributed by atoms with Crippen molar-refractivity contribution in [1.82, 2.24) is 15.5 Å². The highest BCUT2D eigenvalue weighted by atomic mass is 16.5. The molecule has 10 nitrogen and oxygen atoms in total. The summed E-state index contributed by atoms with van der Waals surface area (Å²) < 4.78 is 5.14. The predicted molar refractivity (Wildman–Crippen MR) is 122 cm³/mol. The zero-order chi connectivity index (χ0) is 24.5. The van der Waals surface area contributed by atoms with Crippen LogP contribution in [0.3, 0.4) is 0 Å². The molecular formula is C24H30N4O6. The van der Waals surface area contributed by atoms with Gasteiger partial charge in [-0.3, -0.25) is 34.2 Å². The highest BCUT2D eigenvalue weighted by molar-refractivity contribution is 6.25. The molecular weight excluding hydrogens is 440 g/mol. The third-order valence-corrected chi connectivity index (χ3v) is 6.91. The summed E-state index contributed by atoms with van der Waals surface area (Å²) in [6.45, 7) is 6.37. The Kier molecular flexibility index (Phi) is 6.70. The summed E-state index contributed by atoms with van der Waals surface area (Å²) in [7, 11) is 0. The Labute approximate surface area is 198 Å². The smallest absolute Gasteiger partial charge is 0.264 e. The largest absolute Gasteiger partial charge is 0.372 e. The predicted octanol–water partition coefficient (Wildman–Crippen LogP) is 0.847. The van der Waals surface area contributed by atoms with E-state index in [0.29, 0.717) is 37.5 Å². The Hall–Kier alpha value is -3.27. The number of imide groups is 2. The number of hydrogen-bond acceptors (Lipinski definition) is 7. The minimum atomic E-state index is -0.983. The second kappa shape index (κ2) is 9.54. The summed E-state index contributed by atoms with van der Waals surface area (Å²) >= 11 is 0. The number of rotatable bonds is 7. The Morgan fingerprint density at radius 1 is 1.18 bits per heavy atom. The summed E-state index contributed by atoms with van der Waals surface area (Å²) in [4.78, 5) is 65.2. The van der Waals surface area contributed by atoms with Crippen LogP contribution in [-0.4, -0.2) is 73.3 Å². The molecule has 3 aliphatic heterocycles. The average molecular weight is 471 g/mol. The van der Waals surface area contributed by atoms with Crippen LogP contribution in [0.25, 0.3) is 0 Å². The molecule has 5 amide bonds. The van der Waals surface area contributed by atoms with E-state index in [0.717, 1.165) is 17.7 Å². The topological polar surface area (TPSA) is 125 Å². The second-order valence-corrected chi connectivity index (χ2v) is 9.36. The number of anilines is 1. The van der Waals surface area contributed by atoms with E-state index in [4.69, 9.17) is 4.74 Å². The number of amides is 5. The number of nitrogens with zero attached hydrogens (tertiary/aromatic N) is 2. The van der Waals surface area contributed by atoms with Crippen molar-refractivity contribution in [2.24, 2.45) is 5.41 Å². The van der Waals surface area contributed by atoms with Crippen molar-refractivity contribution in [3.63, 3.8) is 0 Å². The number of hydrogen-bond donors (Lipinski definition) is 2. The Bertz CT molecular complexity index is 1030. The van der Waals surface area contributed by atoms with Crippen LogP contribution in [0.2, 0.25) is 0 Å². The van der Waals surface area contributed by atoms with E-state index in [1.54, 1.807) is 12.1 Å². The van der Waals surface area contributed by atoms with Gasteiger partial charge in [-0.15, -0.1) is 0 Å². The standard InChI is InChI=1S/C24H30N4O6/c1-3-34-13-19(30)25-14-24(2)9-11-27(12-10-24)16-6-4-5-15-20(16)23(33)28(22(15)32)17-7-8-18(29)26-21(17)31/h4-6,17H,3,7-14H2,1-2H3,(H,25,30)(H,26,29,31). The van der Waals surface area contributed by atoms with Crippen LogP contribution in [0.15, 0.2) is 18.2 Å². The lowest BCUT2D eigenvalue weighted by Gasteiger charge is -2.41. The molecule has 1 atom stereocenters. The van der Waals surface area contributed by atoms with E-state index in [-0.39, 0.29) is 36.3 Å². The van der Waals surface area contributed by atoms with E-state index in [1.165, 1.54) is 0 Å².